The number of amides is 1. The van der Waals surface area contributed by atoms with Crippen LogP contribution in [0.25, 0.3) is 0 Å². The Morgan fingerprint density at radius 1 is 1.50 bits per heavy atom. The number of carbonyl (C=O) groups is 1. The Labute approximate surface area is 105 Å². The van der Waals surface area contributed by atoms with Crippen LogP contribution in [0.2, 0.25) is 0 Å². The number of benzene rings is 1. The largest absolute Gasteiger partial charge is 0.294 e. The van der Waals surface area contributed by atoms with E-state index in [1.807, 2.05) is 18.2 Å². The maximum absolute atomic E-state index is 11.5. The van der Waals surface area contributed by atoms with E-state index in [1.165, 1.54) is 5.56 Å². The molecule has 1 aliphatic heterocycles. The summed E-state index contributed by atoms with van der Waals surface area (Å²) < 4.78 is 0.716. The Bertz CT molecular complexity index is 405. The van der Waals surface area contributed by atoms with Gasteiger partial charge in [-0.25, -0.2) is 0 Å². The Hall–Kier alpha value is -0.870. The summed E-state index contributed by atoms with van der Waals surface area (Å²) in [5.41, 5.74) is 1.25. The monoisotopic (exact) mass is 251 g/mol. The molecule has 4 heteroatoms. The first kappa shape index (κ1) is 11.6. The summed E-state index contributed by atoms with van der Waals surface area (Å²) in [5.74, 6) is 0.962. The van der Waals surface area contributed by atoms with Crippen LogP contribution in [0.3, 0.4) is 0 Å². The zero-order chi connectivity index (χ0) is 11.5. The molecule has 2 rings (SSSR count). The molecule has 1 heterocycles. The van der Waals surface area contributed by atoms with Crippen molar-refractivity contribution in [3.63, 3.8) is 0 Å². The fourth-order valence-corrected chi connectivity index (χ4v) is 3.38. The molecule has 0 bridgehead atoms. The van der Waals surface area contributed by atoms with Crippen molar-refractivity contribution in [1.82, 2.24) is 4.90 Å². The van der Waals surface area contributed by atoms with Crippen LogP contribution < -0.4 is 0 Å². The van der Waals surface area contributed by atoms with Crippen molar-refractivity contribution >= 4 is 34.2 Å². The molecule has 84 valence electrons. The number of nitrogens with zero attached hydrogens (tertiary/aromatic N) is 1. The van der Waals surface area contributed by atoms with Crippen LogP contribution in [0, 0.1) is 0 Å². The van der Waals surface area contributed by atoms with E-state index in [0.717, 1.165) is 12.2 Å². The summed E-state index contributed by atoms with van der Waals surface area (Å²) >= 11 is 6.78. The predicted octanol–water partition coefficient (Wildman–Crippen LogP) is 2.48. The van der Waals surface area contributed by atoms with Gasteiger partial charge in [-0.15, -0.1) is 0 Å². The van der Waals surface area contributed by atoms with Gasteiger partial charge in [-0.05, 0) is 12.0 Å². The highest BCUT2D eigenvalue weighted by molar-refractivity contribution is 8.23. The van der Waals surface area contributed by atoms with Crippen LogP contribution in [0.4, 0.5) is 0 Å². The molecule has 1 aliphatic rings. The fraction of sp³-hybridized carbons (Fsp3) is 0.333. The predicted molar refractivity (Wildman–Crippen MR) is 71.5 cm³/mol. The summed E-state index contributed by atoms with van der Waals surface area (Å²) in [6.07, 6.45) is 0.882. The minimum Gasteiger partial charge on any atom is -0.294 e. The second kappa shape index (κ2) is 4.97. The van der Waals surface area contributed by atoms with E-state index >= 15 is 0 Å². The van der Waals surface area contributed by atoms with Crippen molar-refractivity contribution in [2.45, 2.75) is 19.4 Å². The first-order valence-electron chi connectivity index (χ1n) is 5.19. The molecule has 1 aromatic rings. The number of thioether (sulfide) groups is 1. The summed E-state index contributed by atoms with van der Waals surface area (Å²) in [6, 6.07) is 10.4. The Morgan fingerprint density at radius 2 is 2.19 bits per heavy atom. The van der Waals surface area contributed by atoms with E-state index < -0.39 is 0 Å². The van der Waals surface area contributed by atoms with Crippen molar-refractivity contribution < 1.29 is 4.79 Å². The lowest BCUT2D eigenvalue weighted by atomic mass is 10.1. The first-order valence-corrected chi connectivity index (χ1v) is 6.58. The second-order valence-corrected chi connectivity index (χ2v) is 5.46. The maximum atomic E-state index is 11.5. The summed E-state index contributed by atoms with van der Waals surface area (Å²) in [4.78, 5) is 13.2. The van der Waals surface area contributed by atoms with Gasteiger partial charge in [0, 0.05) is 12.7 Å². The number of rotatable bonds is 2. The van der Waals surface area contributed by atoms with Crippen LogP contribution in [0.5, 0.6) is 0 Å². The lowest BCUT2D eigenvalue weighted by Gasteiger charge is -2.21. The molecule has 2 nitrogen and oxygen atoms in total. The van der Waals surface area contributed by atoms with E-state index in [2.05, 4.69) is 12.1 Å². The van der Waals surface area contributed by atoms with Gasteiger partial charge in [0.05, 0.1) is 6.04 Å². The van der Waals surface area contributed by atoms with Crippen LogP contribution in [-0.4, -0.2) is 26.9 Å². The van der Waals surface area contributed by atoms with E-state index in [4.69, 9.17) is 12.2 Å². The lowest BCUT2D eigenvalue weighted by Crippen LogP contribution is -2.38. The van der Waals surface area contributed by atoms with Crippen molar-refractivity contribution in [1.29, 1.82) is 0 Å². The Kier molecular flexibility index (Phi) is 3.61. The molecule has 1 unspecified atom stereocenters. The third kappa shape index (κ3) is 2.44. The molecular weight excluding hydrogens is 238 g/mol. The second-order valence-electron chi connectivity index (χ2n) is 3.81. The summed E-state index contributed by atoms with van der Waals surface area (Å²) in [5, 5.41) is 0. The van der Waals surface area contributed by atoms with Crippen molar-refractivity contribution in [3.8, 4) is 0 Å². The number of hydrogen-bond acceptors (Lipinski definition) is 3. The number of thiocarbonyl (C=S) groups is 1. The van der Waals surface area contributed by atoms with Crippen molar-refractivity contribution in [2.24, 2.45) is 0 Å². The van der Waals surface area contributed by atoms with E-state index in [-0.39, 0.29) is 11.9 Å². The van der Waals surface area contributed by atoms with Gasteiger partial charge in [0.25, 0.3) is 0 Å². The molecule has 1 atom stereocenters. The molecular formula is C12H13NOS2. The third-order valence-corrected chi connectivity index (χ3v) is 4.16. The highest BCUT2D eigenvalue weighted by Gasteiger charge is 2.31. The topological polar surface area (TPSA) is 20.3 Å². The Balaban J connectivity index is 2.10. The average molecular weight is 251 g/mol. The molecule has 1 fully saturated rings. The average Bonchev–Trinajstić information content (AvgIpc) is 2.61. The first-order chi connectivity index (χ1) is 7.68. The van der Waals surface area contributed by atoms with E-state index in [0.29, 0.717) is 4.32 Å². The fourth-order valence-electron chi connectivity index (χ4n) is 1.88. The quantitative estimate of drug-likeness (QED) is 0.753. The molecule has 16 heavy (non-hydrogen) atoms. The molecule has 1 amide bonds. The molecule has 0 spiro atoms. The van der Waals surface area contributed by atoms with Crippen molar-refractivity contribution in [3.05, 3.63) is 35.9 Å². The molecule has 0 radical (unpaired) electrons. The molecule has 0 aliphatic carbocycles. The third-order valence-electron chi connectivity index (χ3n) is 2.61. The lowest BCUT2D eigenvalue weighted by molar-refractivity contribution is -0.125. The molecule has 0 aromatic heterocycles. The normalized spacial score (nSPS) is 20.2. The zero-order valence-electron chi connectivity index (χ0n) is 9.05. The minimum absolute atomic E-state index is 0.0518. The molecule has 1 saturated heterocycles. The van der Waals surface area contributed by atoms with Crippen LogP contribution in [0.15, 0.2) is 30.3 Å². The highest BCUT2D eigenvalue weighted by atomic mass is 32.2. The van der Waals surface area contributed by atoms with Crippen LogP contribution in [0.1, 0.15) is 12.5 Å². The van der Waals surface area contributed by atoms with Gasteiger partial charge in [0.15, 0.2) is 0 Å². The maximum Gasteiger partial charge on any atom is 0.225 e. The van der Waals surface area contributed by atoms with Crippen LogP contribution in [-0.2, 0) is 11.2 Å². The van der Waals surface area contributed by atoms with Gasteiger partial charge in [0.2, 0.25) is 5.91 Å². The van der Waals surface area contributed by atoms with Crippen molar-refractivity contribution in [2.75, 3.05) is 5.75 Å². The van der Waals surface area contributed by atoms with Crippen LogP contribution >= 0.6 is 24.0 Å². The minimum atomic E-state index is 0.0518. The standard InChI is InChI=1S/C12H13NOS2/c1-9(14)13-11(8-16-12(13)15)7-10-5-3-2-4-6-10/h2-6,11H,7-8H2,1H3. The summed E-state index contributed by atoms with van der Waals surface area (Å²) in [7, 11) is 0. The van der Waals surface area contributed by atoms with E-state index in [9.17, 15) is 4.79 Å². The zero-order valence-corrected chi connectivity index (χ0v) is 10.7. The molecule has 1 aromatic carbocycles. The van der Waals surface area contributed by atoms with Gasteiger partial charge in [-0.2, -0.15) is 0 Å². The van der Waals surface area contributed by atoms with Gasteiger partial charge < -0.3 is 0 Å². The van der Waals surface area contributed by atoms with Gasteiger partial charge in [-0.3, -0.25) is 9.69 Å². The molecule has 0 saturated carbocycles. The van der Waals surface area contributed by atoms with Gasteiger partial charge in [0.1, 0.15) is 4.32 Å². The molecule has 0 N–H and O–H groups in total. The van der Waals surface area contributed by atoms with E-state index in [1.54, 1.807) is 23.6 Å². The number of carbonyl (C=O) groups excluding carboxylic acids is 1. The van der Waals surface area contributed by atoms with Gasteiger partial charge in [-0.1, -0.05) is 54.3 Å². The number of hydrogen-bond donors (Lipinski definition) is 0. The Morgan fingerprint density at radius 3 is 2.81 bits per heavy atom. The highest BCUT2D eigenvalue weighted by Crippen LogP contribution is 2.26. The smallest absolute Gasteiger partial charge is 0.225 e. The SMILES string of the molecule is CC(=O)N1C(=S)SCC1Cc1ccccc1. The summed E-state index contributed by atoms with van der Waals surface area (Å²) in [6.45, 7) is 1.58. The van der Waals surface area contributed by atoms with Gasteiger partial charge >= 0.3 is 0 Å².